The zero-order valence-corrected chi connectivity index (χ0v) is 14.0. The fraction of sp³-hybridized carbons (Fsp3) is 0.706. The molecule has 1 fully saturated rings. The van der Waals surface area contributed by atoms with Gasteiger partial charge in [0.05, 0.1) is 11.5 Å². The molecule has 0 spiro atoms. The largest absolute Gasteiger partial charge is 0.468 e. The van der Waals surface area contributed by atoms with Crippen molar-refractivity contribution < 1.29 is 9.21 Å². The van der Waals surface area contributed by atoms with E-state index in [0.29, 0.717) is 11.2 Å². The van der Waals surface area contributed by atoms with Crippen molar-refractivity contribution in [1.29, 1.82) is 0 Å². The molecule has 0 aromatic carbocycles. The van der Waals surface area contributed by atoms with Gasteiger partial charge in [0, 0.05) is 24.8 Å². The summed E-state index contributed by atoms with van der Waals surface area (Å²) in [6.07, 6.45) is 6.97. The van der Waals surface area contributed by atoms with Crippen molar-refractivity contribution in [2.75, 3.05) is 18.8 Å². The van der Waals surface area contributed by atoms with Gasteiger partial charge in [-0.3, -0.25) is 4.79 Å². The molecule has 0 aliphatic carbocycles. The Morgan fingerprint density at radius 3 is 2.76 bits per heavy atom. The van der Waals surface area contributed by atoms with Crippen molar-refractivity contribution >= 4 is 17.7 Å². The molecule has 1 saturated heterocycles. The molecular weight excluding hydrogens is 282 g/mol. The minimum atomic E-state index is 0.227. The first-order chi connectivity index (χ1) is 10.3. The second kappa shape index (κ2) is 8.52. The van der Waals surface area contributed by atoms with Crippen LogP contribution in [0.5, 0.6) is 0 Å². The van der Waals surface area contributed by atoms with Crippen molar-refractivity contribution in [3.05, 3.63) is 24.2 Å². The minimum Gasteiger partial charge on any atom is -0.468 e. The lowest BCUT2D eigenvalue weighted by molar-refractivity contribution is -0.135. The van der Waals surface area contributed by atoms with Crippen LogP contribution in [0.4, 0.5) is 0 Å². The van der Waals surface area contributed by atoms with Crippen LogP contribution in [0, 0.1) is 5.92 Å². The third-order valence-electron chi connectivity index (χ3n) is 4.14. The molecule has 0 radical (unpaired) electrons. The Morgan fingerprint density at radius 1 is 1.38 bits per heavy atom. The zero-order chi connectivity index (χ0) is 15.1. The van der Waals surface area contributed by atoms with Gasteiger partial charge in [-0.2, -0.15) is 0 Å². The average Bonchev–Trinajstić information content (AvgIpc) is 2.91. The molecule has 1 aromatic heterocycles. The molecule has 1 atom stereocenters. The molecule has 118 valence electrons. The Kier molecular flexibility index (Phi) is 6.68. The van der Waals surface area contributed by atoms with Crippen molar-refractivity contribution in [2.24, 2.45) is 5.92 Å². The van der Waals surface area contributed by atoms with E-state index in [-0.39, 0.29) is 5.92 Å². The SMILES string of the molecule is CCCC(CCC)C(=O)N1CCSC(c2ccco2)CC1. The van der Waals surface area contributed by atoms with Gasteiger partial charge in [-0.25, -0.2) is 0 Å². The van der Waals surface area contributed by atoms with Crippen LogP contribution in [0.1, 0.15) is 57.0 Å². The van der Waals surface area contributed by atoms with E-state index in [1.807, 2.05) is 23.9 Å². The third kappa shape index (κ3) is 4.53. The molecule has 1 aliphatic rings. The molecule has 4 heteroatoms. The molecule has 1 aromatic rings. The van der Waals surface area contributed by atoms with Gasteiger partial charge in [-0.15, -0.1) is 11.8 Å². The molecule has 1 amide bonds. The normalized spacial score (nSPS) is 19.8. The molecule has 2 heterocycles. The summed E-state index contributed by atoms with van der Waals surface area (Å²) in [6, 6.07) is 3.99. The van der Waals surface area contributed by atoms with Gasteiger partial charge < -0.3 is 9.32 Å². The van der Waals surface area contributed by atoms with E-state index in [0.717, 1.165) is 56.7 Å². The van der Waals surface area contributed by atoms with E-state index < -0.39 is 0 Å². The van der Waals surface area contributed by atoms with E-state index >= 15 is 0 Å². The maximum Gasteiger partial charge on any atom is 0.225 e. The first kappa shape index (κ1) is 16.5. The van der Waals surface area contributed by atoms with E-state index in [4.69, 9.17) is 4.42 Å². The van der Waals surface area contributed by atoms with E-state index in [1.54, 1.807) is 6.26 Å². The number of hydrogen-bond donors (Lipinski definition) is 0. The highest BCUT2D eigenvalue weighted by Gasteiger charge is 2.27. The highest BCUT2D eigenvalue weighted by Crippen LogP contribution is 2.35. The number of nitrogens with zero attached hydrogens (tertiary/aromatic N) is 1. The quantitative estimate of drug-likeness (QED) is 0.775. The van der Waals surface area contributed by atoms with Gasteiger partial charge in [-0.1, -0.05) is 26.7 Å². The lowest BCUT2D eigenvalue weighted by Crippen LogP contribution is -2.37. The smallest absolute Gasteiger partial charge is 0.225 e. The van der Waals surface area contributed by atoms with Crippen molar-refractivity contribution in [2.45, 2.75) is 51.2 Å². The van der Waals surface area contributed by atoms with Crippen LogP contribution < -0.4 is 0 Å². The number of carbonyl (C=O) groups excluding carboxylic acids is 1. The maximum atomic E-state index is 12.7. The topological polar surface area (TPSA) is 33.5 Å². The number of furan rings is 1. The first-order valence-corrected chi connectivity index (χ1v) is 9.24. The lowest BCUT2D eigenvalue weighted by Gasteiger charge is -2.25. The summed E-state index contributed by atoms with van der Waals surface area (Å²) >= 11 is 1.91. The van der Waals surface area contributed by atoms with Crippen molar-refractivity contribution in [3.8, 4) is 0 Å². The third-order valence-corrected chi connectivity index (χ3v) is 5.43. The average molecular weight is 309 g/mol. The molecule has 3 nitrogen and oxygen atoms in total. The molecule has 0 bridgehead atoms. The van der Waals surface area contributed by atoms with Crippen LogP contribution >= 0.6 is 11.8 Å². The fourth-order valence-electron chi connectivity index (χ4n) is 3.04. The molecule has 1 aliphatic heterocycles. The van der Waals surface area contributed by atoms with Crippen LogP contribution in [0.2, 0.25) is 0 Å². The van der Waals surface area contributed by atoms with Crippen molar-refractivity contribution in [1.82, 2.24) is 4.90 Å². The maximum absolute atomic E-state index is 12.7. The number of thioether (sulfide) groups is 1. The summed E-state index contributed by atoms with van der Waals surface area (Å²) in [5.74, 6) is 2.65. The minimum absolute atomic E-state index is 0.227. The Balaban J connectivity index is 1.93. The van der Waals surface area contributed by atoms with E-state index in [2.05, 4.69) is 18.7 Å². The summed E-state index contributed by atoms with van der Waals surface area (Å²) in [5.41, 5.74) is 0. The Morgan fingerprint density at radius 2 is 2.14 bits per heavy atom. The van der Waals surface area contributed by atoms with Gasteiger partial charge in [0.1, 0.15) is 5.76 Å². The second-order valence-corrected chi connectivity index (χ2v) is 7.07. The predicted octanol–water partition coefficient (Wildman–Crippen LogP) is 4.50. The highest BCUT2D eigenvalue weighted by molar-refractivity contribution is 7.99. The number of hydrogen-bond acceptors (Lipinski definition) is 3. The monoisotopic (exact) mass is 309 g/mol. The zero-order valence-electron chi connectivity index (χ0n) is 13.2. The number of carbonyl (C=O) groups is 1. The molecule has 1 unspecified atom stereocenters. The van der Waals surface area contributed by atoms with E-state index in [1.165, 1.54) is 0 Å². The molecule has 0 N–H and O–H groups in total. The van der Waals surface area contributed by atoms with Crippen LogP contribution in [0.25, 0.3) is 0 Å². The standard InChI is InChI=1S/C17H27NO2S/c1-3-6-14(7-4-2)17(19)18-10-9-16(21-13-11-18)15-8-5-12-20-15/h5,8,12,14,16H,3-4,6-7,9-11,13H2,1-2H3. The summed E-state index contributed by atoms with van der Waals surface area (Å²) in [6.45, 7) is 6.08. The predicted molar refractivity (Wildman–Crippen MR) is 88.4 cm³/mol. The summed E-state index contributed by atoms with van der Waals surface area (Å²) in [5, 5.41) is 0.397. The van der Waals surface area contributed by atoms with Gasteiger partial charge in [0.25, 0.3) is 0 Å². The molecular formula is C17H27NO2S. The highest BCUT2D eigenvalue weighted by atomic mass is 32.2. The number of amides is 1. The van der Waals surface area contributed by atoms with Gasteiger partial charge in [-0.05, 0) is 31.4 Å². The number of rotatable bonds is 6. The van der Waals surface area contributed by atoms with Crippen LogP contribution in [0.3, 0.4) is 0 Å². The van der Waals surface area contributed by atoms with E-state index in [9.17, 15) is 4.79 Å². The Bertz CT molecular complexity index is 412. The fourth-order valence-corrected chi connectivity index (χ4v) is 4.22. The second-order valence-electron chi connectivity index (χ2n) is 5.76. The van der Waals surface area contributed by atoms with Crippen molar-refractivity contribution in [3.63, 3.8) is 0 Å². The first-order valence-electron chi connectivity index (χ1n) is 8.20. The summed E-state index contributed by atoms with van der Waals surface area (Å²) in [4.78, 5) is 14.8. The summed E-state index contributed by atoms with van der Waals surface area (Å²) in [7, 11) is 0. The lowest BCUT2D eigenvalue weighted by atomic mass is 9.96. The van der Waals surface area contributed by atoms with Crippen LogP contribution in [-0.2, 0) is 4.79 Å². The Labute approximate surface area is 132 Å². The molecule has 0 saturated carbocycles. The molecule has 2 rings (SSSR count). The Hall–Kier alpha value is -0.900. The van der Waals surface area contributed by atoms with Gasteiger partial charge >= 0.3 is 0 Å². The van der Waals surface area contributed by atoms with Crippen LogP contribution in [0.15, 0.2) is 22.8 Å². The van der Waals surface area contributed by atoms with Gasteiger partial charge in [0.2, 0.25) is 5.91 Å². The summed E-state index contributed by atoms with van der Waals surface area (Å²) < 4.78 is 5.52. The molecule has 21 heavy (non-hydrogen) atoms. The van der Waals surface area contributed by atoms with Crippen LogP contribution in [-0.4, -0.2) is 29.6 Å². The van der Waals surface area contributed by atoms with Gasteiger partial charge in [0.15, 0.2) is 0 Å².